The van der Waals surface area contributed by atoms with Crippen LogP contribution >= 0.6 is 0 Å². The summed E-state index contributed by atoms with van der Waals surface area (Å²) in [6.45, 7) is 0. The van der Waals surface area contributed by atoms with E-state index in [1.807, 2.05) is 42.5 Å². The Morgan fingerprint density at radius 2 is 1.50 bits per heavy atom. The summed E-state index contributed by atoms with van der Waals surface area (Å²) in [5.74, 6) is -0.132. The van der Waals surface area contributed by atoms with Crippen molar-refractivity contribution in [3.05, 3.63) is 70.3 Å². The lowest BCUT2D eigenvalue weighted by atomic mass is 9.95. The summed E-state index contributed by atoms with van der Waals surface area (Å²) in [7, 11) is 0. The molecule has 2 aliphatic rings. The number of rotatable bonds is 0. The van der Waals surface area contributed by atoms with Gasteiger partial charge in [0.25, 0.3) is 5.91 Å². The van der Waals surface area contributed by atoms with E-state index in [0.717, 1.165) is 28.0 Å². The first-order chi connectivity index (χ1) is 8.84. The highest BCUT2D eigenvalue weighted by Crippen LogP contribution is 2.31. The summed E-state index contributed by atoms with van der Waals surface area (Å²) in [6, 6.07) is 13.8. The minimum atomic E-state index is -0.132. The number of carbonyl (C=O) groups excluding carboxylic acids is 1. The van der Waals surface area contributed by atoms with Crippen molar-refractivity contribution >= 4 is 23.8 Å². The van der Waals surface area contributed by atoms with Gasteiger partial charge in [-0.3, -0.25) is 4.79 Å². The van der Waals surface area contributed by atoms with Crippen molar-refractivity contribution in [1.29, 1.82) is 0 Å². The molecule has 0 unspecified atom stereocenters. The van der Waals surface area contributed by atoms with Crippen LogP contribution in [-0.2, 0) is 0 Å². The molecule has 1 amide bonds. The Balaban J connectivity index is 2.15. The molecule has 2 nitrogen and oxygen atoms in total. The van der Waals surface area contributed by atoms with Crippen LogP contribution in [0.15, 0.2) is 47.5 Å². The van der Waals surface area contributed by atoms with Crippen molar-refractivity contribution in [2.75, 3.05) is 0 Å². The highest BCUT2D eigenvalue weighted by molar-refractivity contribution is 6.30. The topological polar surface area (TPSA) is 29.4 Å². The minimum Gasteiger partial charge on any atom is -0.267 e. The average molecular weight is 231 g/mol. The largest absolute Gasteiger partial charge is 0.278 e. The van der Waals surface area contributed by atoms with Crippen molar-refractivity contribution in [2.24, 2.45) is 4.99 Å². The molecule has 84 valence electrons. The second kappa shape index (κ2) is 3.26. The van der Waals surface area contributed by atoms with Gasteiger partial charge in [0.1, 0.15) is 0 Å². The lowest BCUT2D eigenvalue weighted by Gasteiger charge is -2.06. The lowest BCUT2D eigenvalue weighted by Crippen LogP contribution is -2.03. The smallest absolute Gasteiger partial charge is 0.267 e. The van der Waals surface area contributed by atoms with E-state index >= 15 is 0 Å². The van der Waals surface area contributed by atoms with Gasteiger partial charge in [-0.05, 0) is 17.2 Å². The zero-order chi connectivity index (χ0) is 12.1. The van der Waals surface area contributed by atoms with Crippen molar-refractivity contribution in [3.63, 3.8) is 0 Å². The van der Waals surface area contributed by atoms with Crippen molar-refractivity contribution in [3.8, 4) is 0 Å². The molecular weight excluding hydrogens is 222 g/mol. The van der Waals surface area contributed by atoms with Gasteiger partial charge < -0.3 is 0 Å². The van der Waals surface area contributed by atoms with Crippen LogP contribution in [0, 0.1) is 0 Å². The van der Waals surface area contributed by atoms with Gasteiger partial charge in [0, 0.05) is 11.1 Å². The molecule has 0 aromatic heterocycles. The molecule has 2 aromatic rings. The first-order valence-electron chi connectivity index (χ1n) is 5.88. The Bertz CT molecular complexity index is 753. The summed E-state index contributed by atoms with van der Waals surface area (Å²) in [5, 5.41) is 0. The highest BCUT2D eigenvalue weighted by atomic mass is 16.1. The van der Waals surface area contributed by atoms with E-state index < -0.39 is 0 Å². The summed E-state index contributed by atoms with van der Waals surface area (Å²) in [6.07, 6.45) is 4.13. The van der Waals surface area contributed by atoms with Crippen LogP contribution in [0.25, 0.3) is 12.2 Å². The fourth-order valence-corrected chi connectivity index (χ4v) is 2.60. The van der Waals surface area contributed by atoms with Crippen LogP contribution in [0.4, 0.5) is 0 Å². The standard InChI is InChI=1S/C16H9NO/c18-16-13-7-3-5-11-9-8-10-4-1-2-6-12(10)15(17-16)14(11)13/h1-9H. The molecule has 1 aliphatic heterocycles. The third-order valence-corrected chi connectivity index (χ3v) is 3.44. The Kier molecular flexibility index (Phi) is 1.73. The van der Waals surface area contributed by atoms with Gasteiger partial charge in [0.2, 0.25) is 0 Å². The third kappa shape index (κ3) is 1.12. The summed E-state index contributed by atoms with van der Waals surface area (Å²) in [4.78, 5) is 16.2. The van der Waals surface area contributed by atoms with Crippen LogP contribution in [0.1, 0.15) is 32.6 Å². The van der Waals surface area contributed by atoms with Crippen molar-refractivity contribution in [2.45, 2.75) is 0 Å². The molecule has 2 aromatic carbocycles. The average Bonchev–Trinajstić information content (AvgIpc) is 2.65. The van der Waals surface area contributed by atoms with Crippen LogP contribution in [0.2, 0.25) is 0 Å². The van der Waals surface area contributed by atoms with E-state index in [9.17, 15) is 4.79 Å². The van der Waals surface area contributed by atoms with Gasteiger partial charge >= 0.3 is 0 Å². The number of amides is 1. The monoisotopic (exact) mass is 231 g/mol. The quantitative estimate of drug-likeness (QED) is 0.584. The predicted molar refractivity (Wildman–Crippen MR) is 71.8 cm³/mol. The maximum Gasteiger partial charge on any atom is 0.278 e. The second-order valence-corrected chi connectivity index (χ2v) is 4.46. The summed E-state index contributed by atoms with van der Waals surface area (Å²) < 4.78 is 0. The van der Waals surface area contributed by atoms with Crippen molar-refractivity contribution in [1.82, 2.24) is 0 Å². The zero-order valence-corrected chi connectivity index (χ0v) is 9.55. The van der Waals surface area contributed by atoms with Gasteiger partial charge in [0.05, 0.1) is 11.3 Å². The molecule has 0 N–H and O–H groups in total. The third-order valence-electron chi connectivity index (χ3n) is 3.44. The number of aliphatic imine (C=N–C) groups is 1. The molecule has 0 spiro atoms. The van der Waals surface area contributed by atoms with Gasteiger partial charge in [-0.25, -0.2) is 4.99 Å². The molecule has 0 saturated heterocycles. The minimum absolute atomic E-state index is 0.132. The number of carbonyl (C=O) groups is 1. The molecule has 0 bridgehead atoms. The summed E-state index contributed by atoms with van der Waals surface area (Å²) >= 11 is 0. The fourth-order valence-electron chi connectivity index (χ4n) is 2.60. The molecular formula is C16H9NO. The van der Waals surface area contributed by atoms with Gasteiger partial charge in [-0.2, -0.15) is 0 Å². The molecule has 2 heteroatoms. The van der Waals surface area contributed by atoms with Crippen LogP contribution in [0.5, 0.6) is 0 Å². The van der Waals surface area contributed by atoms with Crippen LogP contribution < -0.4 is 0 Å². The second-order valence-electron chi connectivity index (χ2n) is 4.46. The van der Waals surface area contributed by atoms with Crippen LogP contribution in [-0.4, -0.2) is 11.6 Å². The van der Waals surface area contributed by atoms with Crippen molar-refractivity contribution < 1.29 is 4.79 Å². The lowest BCUT2D eigenvalue weighted by molar-refractivity contribution is 0.101. The van der Waals surface area contributed by atoms with Gasteiger partial charge in [-0.1, -0.05) is 48.6 Å². The van der Waals surface area contributed by atoms with E-state index in [4.69, 9.17) is 0 Å². The number of hydrogen-bond acceptors (Lipinski definition) is 1. The van der Waals surface area contributed by atoms with Crippen LogP contribution in [0.3, 0.4) is 0 Å². The normalized spacial score (nSPS) is 14.9. The maximum atomic E-state index is 11.9. The number of nitrogens with zero attached hydrogens (tertiary/aromatic N) is 1. The molecule has 18 heavy (non-hydrogen) atoms. The number of hydrogen-bond donors (Lipinski definition) is 0. The van der Waals surface area contributed by atoms with Gasteiger partial charge in [-0.15, -0.1) is 0 Å². The van der Waals surface area contributed by atoms with E-state index in [2.05, 4.69) is 17.1 Å². The zero-order valence-electron chi connectivity index (χ0n) is 9.55. The molecule has 1 aliphatic carbocycles. The predicted octanol–water partition coefficient (Wildman–Crippen LogP) is 3.16. The Morgan fingerprint density at radius 3 is 2.44 bits per heavy atom. The summed E-state index contributed by atoms with van der Waals surface area (Å²) in [5.41, 5.74) is 5.70. The van der Waals surface area contributed by atoms with E-state index in [1.54, 1.807) is 0 Å². The Hall–Kier alpha value is -2.48. The SMILES string of the molecule is O=C1N=C2c3ccccc3C=Cc3cccc1c32. The number of benzene rings is 2. The molecule has 0 atom stereocenters. The molecule has 0 radical (unpaired) electrons. The fraction of sp³-hybridized carbons (Fsp3) is 0. The molecule has 4 rings (SSSR count). The van der Waals surface area contributed by atoms with Gasteiger partial charge in [0.15, 0.2) is 0 Å². The molecule has 0 fully saturated rings. The maximum absolute atomic E-state index is 11.9. The first kappa shape index (κ1) is 9.54. The Labute approximate surface area is 104 Å². The van der Waals surface area contributed by atoms with E-state index in [0.29, 0.717) is 5.56 Å². The van der Waals surface area contributed by atoms with E-state index in [-0.39, 0.29) is 5.91 Å². The molecule has 1 heterocycles. The first-order valence-corrected chi connectivity index (χ1v) is 5.88. The number of fused-ring (bicyclic) bond motifs is 2. The van der Waals surface area contributed by atoms with E-state index in [1.165, 1.54) is 0 Å². The molecule has 0 saturated carbocycles. The highest BCUT2D eigenvalue weighted by Gasteiger charge is 2.28. The Morgan fingerprint density at radius 1 is 0.778 bits per heavy atom.